The van der Waals surface area contributed by atoms with Gasteiger partial charge in [0, 0.05) is 10.9 Å². The maximum Gasteiger partial charge on any atom is 0.236 e. The molecule has 2 N–H and O–H groups in total. The summed E-state index contributed by atoms with van der Waals surface area (Å²) < 4.78 is 5.99. The predicted octanol–water partition coefficient (Wildman–Crippen LogP) is 5.16. The highest BCUT2D eigenvalue weighted by Gasteiger charge is 2.11. The molecule has 3 heterocycles. The van der Waals surface area contributed by atoms with E-state index in [0.29, 0.717) is 16.8 Å². The van der Waals surface area contributed by atoms with Crippen molar-refractivity contribution in [3.63, 3.8) is 0 Å². The van der Waals surface area contributed by atoms with Crippen LogP contribution in [0.5, 0.6) is 0 Å². The van der Waals surface area contributed by atoms with Crippen molar-refractivity contribution >= 4 is 50.6 Å². The quantitative estimate of drug-likeness (QED) is 0.335. The molecule has 4 rings (SSSR count). The molecule has 0 saturated carbocycles. The number of thioether (sulfide) groups is 1. The number of rotatable bonds is 9. The number of nitrogens with zero attached hydrogens (tertiary/aromatic N) is 3. The highest BCUT2D eigenvalue weighted by Crippen LogP contribution is 2.27. The molecule has 1 amide bonds. The van der Waals surface area contributed by atoms with Gasteiger partial charge < -0.3 is 15.1 Å². The number of nitrogens with one attached hydrogen (secondary N) is 2. The fourth-order valence-electron chi connectivity index (χ4n) is 2.57. The van der Waals surface area contributed by atoms with Crippen LogP contribution in [0.3, 0.4) is 0 Å². The summed E-state index contributed by atoms with van der Waals surface area (Å²) in [5, 5.41) is 17.4. The number of aromatic nitrogens is 3. The van der Waals surface area contributed by atoms with Gasteiger partial charge in [-0.25, -0.2) is 4.98 Å². The van der Waals surface area contributed by atoms with Crippen LogP contribution in [0, 0.1) is 0 Å². The molecule has 0 unspecified atom stereocenters. The minimum absolute atomic E-state index is 0.123. The molecule has 0 spiro atoms. The topological polar surface area (TPSA) is 92.9 Å². The minimum Gasteiger partial charge on any atom is -0.467 e. The third-order valence-electron chi connectivity index (χ3n) is 4.14. The molecule has 7 nitrogen and oxygen atoms in total. The van der Waals surface area contributed by atoms with E-state index < -0.39 is 0 Å². The van der Waals surface area contributed by atoms with Crippen molar-refractivity contribution < 1.29 is 9.21 Å². The lowest BCUT2D eigenvalue weighted by Gasteiger charge is -2.00. The summed E-state index contributed by atoms with van der Waals surface area (Å²) in [4.78, 5) is 16.8. The maximum absolute atomic E-state index is 12.3. The Balaban J connectivity index is 1.25. The van der Waals surface area contributed by atoms with E-state index >= 15 is 0 Å². The Labute approximate surface area is 186 Å². The van der Waals surface area contributed by atoms with Gasteiger partial charge in [-0.1, -0.05) is 54.3 Å². The summed E-state index contributed by atoms with van der Waals surface area (Å²) in [5.41, 5.74) is 3.19. The summed E-state index contributed by atoms with van der Waals surface area (Å²) in [7, 11) is 0. The van der Waals surface area contributed by atoms with Crippen molar-refractivity contribution in [3.05, 3.63) is 59.4 Å². The first kappa shape index (κ1) is 20.6. The van der Waals surface area contributed by atoms with E-state index in [1.165, 1.54) is 40.0 Å². The molecule has 0 fully saturated rings. The smallest absolute Gasteiger partial charge is 0.236 e. The molecule has 0 bridgehead atoms. The molecule has 0 atom stereocenters. The first-order chi connectivity index (χ1) is 14.7. The average molecular weight is 458 g/mol. The molecule has 0 saturated heterocycles. The van der Waals surface area contributed by atoms with Crippen LogP contribution in [0.15, 0.2) is 56.8 Å². The fraction of sp³-hybridized carbons (Fsp3) is 0.200. The lowest BCUT2D eigenvalue weighted by Crippen LogP contribution is -2.13. The number of aryl methyl sites for hydroxylation is 1. The van der Waals surface area contributed by atoms with Gasteiger partial charge in [-0.05, 0) is 24.1 Å². The van der Waals surface area contributed by atoms with Crippen molar-refractivity contribution in [2.24, 2.45) is 0 Å². The number of benzene rings is 1. The lowest BCUT2D eigenvalue weighted by molar-refractivity contribution is -0.113. The van der Waals surface area contributed by atoms with Crippen molar-refractivity contribution in [1.29, 1.82) is 0 Å². The lowest BCUT2D eigenvalue weighted by atomic mass is 10.1. The van der Waals surface area contributed by atoms with Crippen LogP contribution in [0.4, 0.5) is 10.3 Å². The predicted molar refractivity (Wildman–Crippen MR) is 122 cm³/mol. The van der Waals surface area contributed by atoms with Crippen LogP contribution in [0.1, 0.15) is 18.2 Å². The Bertz CT molecular complexity index is 1090. The number of amides is 1. The van der Waals surface area contributed by atoms with Crippen molar-refractivity contribution in [1.82, 2.24) is 15.2 Å². The van der Waals surface area contributed by atoms with E-state index in [4.69, 9.17) is 4.42 Å². The zero-order valence-electron chi connectivity index (χ0n) is 16.1. The number of thiazole rings is 1. The number of anilines is 2. The third kappa shape index (κ3) is 5.47. The molecule has 0 aliphatic rings. The average Bonchev–Trinajstić information content (AvgIpc) is 3.53. The maximum atomic E-state index is 12.3. The van der Waals surface area contributed by atoms with Crippen molar-refractivity contribution in [3.8, 4) is 11.3 Å². The summed E-state index contributed by atoms with van der Waals surface area (Å²) in [6.07, 6.45) is 2.64. The first-order valence-electron chi connectivity index (χ1n) is 9.27. The molecule has 0 aliphatic heterocycles. The first-order valence-corrected chi connectivity index (χ1v) is 11.9. The molecule has 10 heteroatoms. The second kappa shape index (κ2) is 9.88. The minimum atomic E-state index is -0.123. The van der Waals surface area contributed by atoms with Crippen LogP contribution in [0.2, 0.25) is 0 Å². The molecular formula is C20H19N5O2S3. The van der Waals surface area contributed by atoms with Gasteiger partial charge in [-0.15, -0.1) is 21.5 Å². The Morgan fingerprint density at radius 3 is 2.80 bits per heavy atom. The number of hydrogen-bond acceptors (Lipinski definition) is 9. The van der Waals surface area contributed by atoms with Gasteiger partial charge in [-0.3, -0.25) is 4.79 Å². The van der Waals surface area contributed by atoms with E-state index in [1.807, 2.05) is 17.5 Å². The summed E-state index contributed by atoms with van der Waals surface area (Å²) in [6.45, 7) is 2.67. The Hall–Kier alpha value is -2.69. The SMILES string of the molecule is CCc1ccc(-c2csc(NC(=O)CSc3nnc(NCc4ccco4)s3)n2)cc1. The van der Waals surface area contributed by atoms with E-state index in [9.17, 15) is 4.79 Å². The number of hydrogen-bond donors (Lipinski definition) is 2. The largest absolute Gasteiger partial charge is 0.467 e. The molecule has 0 aliphatic carbocycles. The number of carbonyl (C=O) groups excluding carboxylic acids is 1. The van der Waals surface area contributed by atoms with Crippen LogP contribution in [-0.2, 0) is 17.8 Å². The summed E-state index contributed by atoms with van der Waals surface area (Å²) in [6, 6.07) is 12.0. The van der Waals surface area contributed by atoms with Crippen LogP contribution >= 0.6 is 34.4 Å². The standard InChI is InChI=1S/C20H19N5O2S3/c1-2-13-5-7-14(8-6-13)16-11-28-19(22-16)23-17(26)12-29-20-25-24-18(30-20)21-10-15-4-3-9-27-15/h3-9,11H,2,10,12H2,1H3,(H,21,24)(H,22,23,26). The highest BCUT2D eigenvalue weighted by atomic mass is 32.2. The van der Waals surface area contributed by atoms with Crippen molar-refractivity contribution in [2.45, 2.75) is 24.2 Å². The van der Waals surface area contributed by atoms with E-state index in [2.05, 4.69) is 57.0 Å². The summed E-state index contributed by atoms with van der Waals surface area (Å²) in [5.74, 6) is 0.942. The van der Waals surface area contributed by atoms with Crippen LogP contribution < -0.4 is 10.6 Å². The van der Waals surface area contributed by atoms with Gasteiger partial charge in [0.2, 0.25) is 11.0 Å². The van der Waals surface area contributed by atoms with E-state index in [0.717, 1.165) is 27.8 Å². The molecule has 30 heavy (non-hydrogen) atoms. The van der Waals surface area contributed by atoms with Gasteiger partial charge in [0.05, 0.1) is 24.3 Å². The van der Waals surface area contributed by atoms with Gasteiger partial charge in [0.25, 0.3) is 0 Å². The van der Waals surface area contributed by atoms with Crippen molar-refractivity contribution in [2.75, 3.05) is 16.4 Å². The number of furan rings is 1. The molecule has 4 aromatic rings. The molecule has 154 valence electrons. The Kier molecular flexibility index (Phi) is 6.77. The highest BCUT2D eigenvalue weighted by molar-refractivity contribution is 8.01. The zero-order chi connectivity index (χ0) is 20.8. The molecular weight excluding hydrogens is 438 g/mol. The fourth-order valence-corrected chi connectivity index (χ4v) is 4.86. The normalized spacial score (nSPS) is 10.8. The third-order valence-corrected chi connectivity index (χ3v) is 6.91. The second-order valence-electron chi connectivity index (χ2n) is 6.23. The zero-order valence-corrected chi connectivity index (χ0v) is 18.6. The molecule has 3 aromatic heterocycles. The van der Waals surface area contributed by atoms with Gasteiger partial charge >= 0.3 is 0 Å². The summed E-state index contributed by atoms with van der Waals surface area (Å²) >= 11 is 4.16. The molecule has 0 radical (unpaired) electrons. The Morgan fingerprint density at radius 1 is 1.17 bits per heavy atom. The number of carbonyl (C=O) groups is 1. The second-order valence-corrected chi connectivity index (χ2v) is 9.29. The molecule has 1 aromatic carbocycles. The monoisotopic (exact) mass is 457 g/mol. The van der Waals surface area contributed by atoms with Gasteiger partial charge in [-0.2, -0.15) is 0 Å². The van der Waals surface area contributed by atoms with Crippen LogP contribution in [-0.4, -0.2) is 26.8 Å². The van der Waals surface area contributed by atoms with E-state index in [1.54, 1.807) is 6.26 Å². The van der Waals surface area contributed by atoms with Gasteiger partial charge in [0.15, 0.2) is 9.47 Å². The van der Waals surface area contributed by atoms with E-state index in [-0.39, 0.29) is 11.7 Å². The van der Waals surface area contributed by atoms with Gasteiger partial charge in [0.1, 0.15) is 5.76 Å². The Morgan fingerprint density at radius 2 is 2.03 bits per heavy atom. The van der Waals surface area contributed by atoms with Crippen LogP contribution in [0.25, 0.3) is 11.3 Å².